The largest absolute Gasteiger partial charge is 0.379 e. The summed E-state index contributed by atoms with van der Waals surface area (Å²) >= 11 is 0. The smallest absolute Gasteiger partial charge is 0.253 e. The zero-order chi connectivity index (χ0) is 16.8. The molecule has 0 spiro atoms. The first-order chi connectivity index (χ1) is 11.0. The highest BCUT2D eigenvalue weighted by atomic mass is 16.5. The highest BCUT2D eigenvalue weighted by Crippen LogP contribution is 2.13. The Labute approximate surface area is 136 Å². The molecule has 1 aliphatic heterocycles. The van der Waals surface area contributed by atoms with Crippen LogP contribution in [0.3, 0.4) is 0 Å². The van der Waals surface area contributed by atoms with Gasteiger partial charge in [0.05, 0.1) is 18.2 Å². The Kier molecular flexibility index (Phi) is 6.06. The SMILES string of the molecule is Cc1ncccc1C(=O)N[C@@H]1CCOC[C@H]1OCC(=O)N(C)C. The third-order valence-corrected chi connectivity index (χ3v) is 3.79. The number of hydrogen-bond donors (Lipinski definition) is 1. The minimum absolute atomic E-state index is 0.0285. The van der Waals surface area contributed by atoms with Crippen molar-refractivity contribution in [1.29, 1.82) is 0 Å². The second-order valence-corrected chi connectivity index (χ2v) is 5.72. The molecule has 7 nitrogen and oxygen atoms in total. The Morgan fingerprint density at radius 1 is 1.48 bits per heavy atom. The molecular weight excluding hydrogens is 298 g/mol. The average Bonchev–Trinajstić information content (AvgIpc) is 2.54. The van der Waals surface area contributed by atoms with Crippen LogP contribution in [0.5, 0.6) is 0 Å². The molecule has 2 amide bonds. The molecule has 2 heterocycles. The van der Waals surface area contributed by atoms with Crippen LogP contribution in [-0.2, 0) is 14.3 Å². The number of nitrogens with one attached hydrogen (secondary N) is 1. The van der Waals surface area contributed by atoms with E-state index in [1.807, 2.05) is 0 Å². The Balaban J connectivity index is 1.97. The van der Waals surface area contributed by atoms with Crippen molar-refractivity contribution in [3.05, 3.63) is 29.6 Å². The monoisotopic (exact) mass is 321 g/mol. The molecule has 0 unspecified atom stereocenters. The predicted molar refractivity (Wildman–Crippen MR) is 84.1 cm³/mol. The van der Waals surface area contributed by atoms with E-state index in [4.69, 9.17) is 9.47 Å². The van der Waals surface area contributed by atoms with Crippen molar-refractivity contribution in [2.75, 3.05) is 33.9 Å². The van der Waals surface area contributed by atoms with Crippen LogP contribution < -0.4 is 5.32 Å². The molecule has 1 aromatic rings. The minimum atomic E-state index is -0.339. The van der Waals surface area contributed by atoms with Crippen LogP contribution in [0.25, 0.3) is 0 Å². The van der Waals surface area contributed by atoms with Crippen molar-refractivity contribution in [2.45, 2.75) is 25.5 Å². The van der Waals surface area contributed by atoms with Crippen LogP contribution in [0, 0.1) is 6.92 Å². The molecule has 0 aromatic carbocycles. The Hall–Kier alpha value is -1.99. The molecule has 1 fully saturated rings. The topological polar surface area (TPSA) is 80.8 Å². The fourth-order valence-electron chi connectivity index (χ4n) is 2.32. The summed E-state index contributed by atoms with van der Waals surface area (Å²) in [4.78, 5) is 29.6. The normalized spacial score (nSPS) is 20.8. The Morgan fingerprint density at radius 2 is 2.26 bits per heavy atom. The molecular formula is C16H23N3O4. The van der Waals surface area contributed by atoms with Crippen LogP contribution in [0.1, 0.15) is 22.5 Å². The zero-order valence-electron chi connectivity index (χ0n) is 13.7. The number of amides is 2. The van der Waals surface area contributed by atoms with Crippen LogP contribution in [0.2, 0.25) is 0 Å². The molecule has 1 aromatic heterocycles. The van der Waals surface area contributed by atoms with Crippen molar-refractivity contribution in [3.63, 3.8) is 0 Å². The lowest BCUT2D eigenvalue weighted by Gasteiger charge is -2.32. The molecule has 0 saturated carbocycles. The van der Waals surface area contributed by atoms with E-state index in [1.165, 1.54) is 4.90 Å². The molecule has 2 atom stereocenters. The fourth-order valence-corrected chi connectivity index (χ4v) is 2.32. The average molecular weight is 321 g/mol. The molecule has 2 rings (SSSR count). The van der Waals surface area contributed by atoms with Gasteiger partial charge in [0.15, 0.2) is 0 Å². The first-order valence-corrected chi connectivity index (χ1v) is 7.61. The van der Waals surface area contributed by atoms with Gasteiger partial charge in [0.25, 0.3) is 5.91 Å². The van der Waals surface area contributed by atoms with E-state index >= 15 is 0 Å². The summed E-state index contributed by atoms with van der Waals surface area (Å²) < 4.78 is 11.0. The van der Waals surface area contributed by atoms with E-state index in [2.05, 4.69) is 10.3 Å². The number of carbonyl (C=O) groups is 2. The van der Waals surface area contributed by atoms with E-state index in [0.29, 0.717) is 30.9 Å². The van der Waals surface area contributed by atoms with E-state index in [1.54, 1.807) is 39.3 Å². The highest BCUT2D eigenvalue weighted by molar-refractivity contribution is 5.95. The molecule has 23 heavy (non-hydrogen) atoms. The number of aryl methyl sites for hydroxylation is 1. The maximum absolute atomic E-state index is 12.4. The third kappa shape index (κ3) is 4.74. The minimum Gasteiger partial charge on any atom is -0.379 e. The first-order valence-electron chi connectivity index (χ1n) is 7.61. The molecule has 0 bridgehead atoms. The number of rotatable bonds is 5. The van der Waals surface area contributed by atoms with Gasteiger partial charge in [-0.05, 0) is 25.5 Å². The summed E-state index contributed by atoms with van der Waals surface area (Å²) in [5, 5.41) is 2.97. The predicted octanol–water partition coefficient (Wildman–Crippen LogP) is 0.382. The van der Waals surface area contributed by atoms with Crippen LogP contribution in [-0.4, -0.2) is 67.8 Å². The van der Waals surface area contributed by atoms with Gasteiger partial charge < -0.3 is 19.7 Å². The first kappa shape index (κ1) is 17.4. The van der Waals surface area contributed by atoms with Crippen molar-refractivity contribution < 1.29 is 19.1 Å². The summed E-state index contributed by atoms with van der Waals surface area (Å²) in [5.41, 5.74) is 1.22. The van der Waals surface area contributed by atoms with Gasteiger partial charge in [-0.25, -0.2) is 0 Å². The number of nitrogens with zero attached hydrogens (tertiary/aromatic N) is 2. The number of aromatic nitrogens is 1. The summed E-state index contributed by atoms with van der Waals surface area (Å²) in [6.45, 7) is 2.68. The lowest BCUT2D eigenvalue weighted by molar-refractivity contribution is -0.140. The van der Waals surface area contributed by atoms with Crippen molar-refractivity contribution in [2.24, 2.45) is 0 Å². The molecule has 1 N–H and O–H groups in total. The van der Waals surface area contributed by atoms with Crippen LogP contribution >= 0.6 is 0 Å². The number of hydrogen-bond acceptors (Lipinski definition) is 5. The van der Waals surface area contributed by atoms with Crippen molar-refractivity contribution >= 4 is 11.8 Å². The standard InChI is InChI=1S/C16H23N3O4/c1-11-12(5-4-7-17-11)16(21)18-13-6-8-22-9-14(13)23-10-15(20)19(2)3/h4-5,7,13-14H,6,8-10H2,1-3H3,(H,18,21)/t13-,14-/m1/s1. The van der Waals surface area contributed by atoms with Crippen molar-refractivity contribution in [1.82, 2.24) is 15.2 Å². The van der Waals surface area contributed by atoms with Gasteiger partial charge in [-0.2, -0.15) is 0 Å². The summed E-state index contributed by atoms with van der Waals surface area (Å²) in [6.07, 6.45) is 1.96. The molecule has 126 valence electrons. The number of likely N-dealkylation sites (N-methyl/N-ethyl adjacent to an activating group) is 1. The van der Waals surface area contributed by atoms with Gasteiger partial charge >= 0.3 is 0 Å². The van der Waals surface area contributed by atoms with E-state index in [0.717, 1.165) is 0 Å². The Bertz CT molecular complexity index is 562. The van der Waals surface area contributed by atoms with Gasteiger partial charge in [0, 0.05) is 32.6 Å². The molecule has 7 heteroatoms. The number of pyridine rings is 1. The van der Waals surface area contributed by atoms with Gasteiger partial charge in [-0.3, -0.25) is 14.6 Å². The summed E-state index contributed by atoms with van der Waals surface area (Å²) in [7, 11) is 3.35. The third-order valence-electron chi connectivity index (χ3n) is 3.79. The highest BCUT2D eigenvalue weighted by Gasteiger charge is 2.29. The van der Waals surface area contributed by atoms with Crippen molar-refractivity contribution in [3.8, 4) is 0 Å². The molecule has 0 aliphatic carbocycles. The maximum atomic E-state index is 12.4. The van der Waals surface area contributed by atoms with E-state index < -0.39 is 0 Å². The second kappa shape index (κ2) is 8.03. The van der Waals surface area contributed by atoms with Gasteiger partial charge in [0.1, 0.15) is 12.7 Å². The zero-order valence-corrected chi connectivity index (χ0v) is 13.7. The van der Waals surface area contributed by atoms with Gasteiger partial charge in [0.2, 0.25) is 5.91 Å². The lowest BCUT2D eigenvalue weighted by Crippen LogP contribution is -2.50. The lowest BCUT2D eigenvalue weighted by atomic mass is 10.0. The van der Waals surface area contributed by atoms with E-state index in [9.17, 15) is 9.59 Å². The van der Waals surface area contributed by atoms with E-state index in [-0.39, 0.29) is 30.6 Å². The number of ether oxygens (including phenoxy) is 2. The molecule has 0 radical (unpaired) electrons. The summed E-state index contributed by atoms with van der Waals surface area (Å²) in [6, 6.07) is 3.28. The fraction of sp³-hybridized carbons (Fsp3) is 0.562. The maximum Gasteiger partial charge on any atom is 0.253 e. The molecule has 1 aliphatic rings. The molecule has 1 saturated heterocycles. The Morgan fingerprint density at radius 3 is 2.96 bits per heavy atom. The quantitative estimate of drug-likeness (QED) is 0.848. The number of carbonyl (C=O) groups excluding carboxylic acids is 2. The second-order valence-electron chi connectivity index (χ2n) is 5.72. The van der Waals surface area contributed by atoms with Gasteiger partial charge in [-0.1, -0.05) is 0 Å². The van der Waals surface area contributed by atoms with Crippen LogP contribution in [0.4, 0.5) is 0 Å². The summed E-state index contributed by atoms with van der Waals surface area (Å²) in [5.74, 6) is -0.307. The van der Waals surface area contributed by atoms with Crippen LogP contribution in [0.15, 0.2) is 18.3 Å². The van der Waals surface area contributed by atoms with Gasteiger partial charge in [-0.15, -0.1) is 0 Å².